The minimum absolute atomic E-state index is 0.118. The topological polar surface area (TPSA) is 36.4 Å². The Bertz CT molecular complexity index is 323. The number of aryl methyl sites for hydroxylation is 1. The Morgan fingerprint density at radius 2 is 2.25 bits per heavy atom. The van der Waals surface area contributed by atoms with Gasteiger partial charge in [0.25, 0.3) is 0 Å². The van der Waals surface area contributed by atoms with E-state index in [1.165, 1.54) is 5.69 Å². The van der Waals surface area contributed by atoms with Crippen molar-refractivity contribution < 1.29 is 5.11 Å². The molecule has 0 aromatic carbocycles. The molecule has 0 spiro atoms. The van der Waals surface area contributed by atoms with Crippen LogP contribution in [0.2, 0.25) is 0 Å². The van der Waals surface area contributed by atoms with Crippen molar-refractivity contribution in [2.45, 2.75) is 38.7 Å². The van der Waals surface area contributed by atoms with Gasteiger partial charge in [-0.3, -0.25) is 4.98 Å². The van der Waals surface area contributed by atoms with E-state index in [9.17, 15) is 5.11 Å². The number of anilines is 1. The van der Waals surface area contributed by atoms with E-state index in [1.807, 2.05) is 6.20 Å². The predicted octanol–water partition coefficient (Wildman–Crippen LogP) is 2.00. The molecule has 3 heteroatoms. The Morgan fingerprint density at radius 1 is 1.38 bits per heavy atom. The molecule has 0 aliphatic carbocycles. The fourth-order valence-electron chi connectivity index (χ4n) is 2.15. The van der Waals surface area contributed by atoms with Crippen LogP contribution in [-0.4, -0.2) is 29.3 Å². The van der Waals surface area contributed by atoms with Gasteiger partial charge in [0.2, 0.25) is 0 Å². The van der Waals surface area contributed by atoms with Gasteiger partial charge in [-0.1, -0.05) is 6.92 Å². The van der Waals surface area contributed by atoms with E-state index >= 15 is 0 Å². The zero-order chi connectivity index (χ0) is 11.4. The number of hydrogen-bond acceptors (Lipinski definition) is 3. The third-order valence-electron chi connectivity index (χ3n) is 3.23. The minimum Gasteiger partial charge on any atom is -0.393 e. The second-order valence-electron chi connectivity index (χ2n) is 4.43. The maximum absolute atomic E-state index is 9.59. The first-order valence-corrected chi connectivity index (χ1v) is 6.17. The first-order valence-electron chi connectivity index (χ1n) is 6.17. The van der Waals surface area contributed by atoms with Crippen LogP contribution in [0.25, 0.3) is 0 Å². The molecular formula is C13H20N2O. The summed E-state index contributed by atoms with van der Waals surface area (Å²) >= 11 is 0. The fraction of sp³-hybridized carbons (Fsp3) is 0.615. The Morgan fingerprint density at radius 3 is 2.94 bits per heavy atom. The van der Waals surface area contributed by atoms with Crippen LogP contribution in [0, 0.1) is 0 Å². The molecule has 0 radical (unpaired) electrons. The van der Waals surface area contributed by atoms with Crippen LogP contribution in [0.3, 0.4) is 0 Å². The summed E-state index contributed by atoms with van der Waals surface area (Å²) < 4.78 is 0. The molecule has 1 N–H and O–H groups in total. The average molecular weight is 220 g/mol. The van der Waals surface area contributed by atoms with Gasteiger partial charge >= 0.3 is 0 Å². The van der Waals surface area contributed by atoms with Crippen LogP contribution in [0.4, 0.5) is 5.69 Å². The number of rotatable bonds is 2. The van der Waals surface area contributed by atoms with Crippen molar-refractivity contribution in [3.05, 3.63) is 24.0 Å². The molecule has 16 heavy (non-hydrogen) atoms. The van der Waals surface area contributed by atoms with Crippen molar-refractivity contribution in [2.75, 3.05) is 18.0 Å². The van der Waals surface area contributed by atoms with Crippen LogP contribution in [0.1, 0.15) is 31.9 Å². The highest BCUT2D eigenvalue weighted by Crippen LogP contribution is 2.19. The minimum atomic E-state index is -0.118. The number of pyridine rings is 1. The number of aliphatic hydroxyl groups is 1. The summed E-state index contributed by atoms with van der Waals surface area (Å²) in [5, 5.41) is 9.59. The summed E-state index contributed by atoms with van der Waals surface area (Å²) in [6.45, 7) is 4.09. The van der Waals surface area contributed by atoms with Crippen LogP contribution >= 0.6 is 0 Å². The molecule has 1 aromatic heterocycles. The maximum atomic E-state index is 9.59. The van der Waals surface area contributed by atoms with Gasteiger partial charge < -0.3 is 10.0 Å². The molecule has 0 saturated carbocycles. The normalized spacial score (nSPS) is 21.9. The fourth-order valence-corrected chi connectivity index (χ4v) is 2.15. The van der Waals surface area contributed by atoms with Crippen molar-refractivity contribution >= 4 is 5.69 Å². The maximum Gasteiger partial charge on any atom is 0.0557 e. The van der Waals surface area contributed by atoms with Crippen molar-refractivity contribution in [2.24, 2.45) is 0 Å². The monoisotopic (exact) mass is 220 g/mol. The van der Waals surface area contributed by atoms with E-state index in [-0.39, 0.29) is 6.10 Å². The molecule has 3 nitrogen and oxygen atoms in total. The van der Waals surface area contributed by atoms with Gasteiger partial charge in [-0.25, -0.2) is 0 Å². The number of aliphatic hydroxyl groups excluding tert-OH is 1. The van der Waals surface area contributed by atoms with Crippen molar-refractivity contribution in [1.82, 2.24) is 4.98 Å². The third-order valence-corrected chi connectivity index (χ3v) is 3.23. The van der Waals surface area contributed by atoms with Gasteiger partial charge in [-0.15, -0.1) is 0 Å². The first kappa shape index (κ1) is 11.4. The molecule has 2 heterocycles. The lowest BCUT2D eigenvalue weighted by atomic mass is 10.2. The molecule has 1 fully saturated rings. The molecule has 1 saturated heterocycles. The lowest BCUT2D eigenvalue weighted by molar-refractivity contribution is 0.161. The van der Waals surface area contributed by atoms with Gasteiger partial charge in [0, 0.05) is 18.8 Å². The van der Waals surface area contributed by atoms with Crippen molar-refractivity contribution in [3.63, 3.8) is 0 Å². The SMILES string of the molecule is CCc1ccc(N2CCCC(O)CC2)cn1. The highest BCUT2D eigenvalue weighted by molar-refractivity contribution is 5.44. The molecule has 88 valence electrons. The Labute approximate surface area is 97.1 Å². The van der Waals surface area contributed by atoms with E-state index < -0.39 is 0 Å². The van der Waals surface area contributed by atoms with Gasteiger partial charge in [0.05, 0.1) is 18.0 Å². The third kappa shape index (κ3) is 2.73. The van der Waals surface area contributed by atoms with Gasteiger partial charge in [0.1, 0.15) is 0 Å². The van der Waals surface area contributed by atoms with Crippen LogP contribution < -0.4 is 4.90 Å². The zero-order valence-corrected chi connectivity index (χ0v) is 9.89. The molecule has 0 amide bonds. The van der Waals surface area contributed by atoms with Gasteiger partial charge in [-0.05, 0) is 37.8 Å². The molecule has 1 aliphatic rings. The van der Waals surface area contributed by atoms with Crippen LogP contribution in [-0.2, 0) is 6.42 Å². The second-order valence-corrected chi connectivity index (χ2v) is 4.43. The van der Waals surface area contributed by atoms with E-state index in [0.29, 0.717) is 0 Å². The lowest BCUT2D eigenvalue weighted by Crippen LogP contribution is -2.24. The van der Waals surface area contributed by atoms with Gasteiger partial charge in [-0.2, -0.15) is 0 Å². The summed E-state index contributed by atoms with van der Waals surface area (Å²) in [6.07, 6.45) is 5.69. The van der Waals surface area contributed by atoms with Crippen molar-refractivity contribution in [1.29, 1.82) is 0 Å². The Kier molecular flexibility index (Phi) is 3.78. The number of aromatic nitrogens is 1. The molecule has 1 unspecified atom stereocenters. The number of hydrogen-bond donors (Lipinski definition) is 1. The van der Waals surface area contributed by atoms with Gasteiger partial charge in [0.15, 0.2) is 0 Å². The molecule has 0 bridgehead atoms. The molecule has 1 aromatic rings. The highest BCUT2D eigenvalue weighted by Gasteiger charge is 2.15. The van der Waals surface area contributed by atoms with Crippen LogP contribution in [0.5, 0.6) is 0 Å². The summed E-state index contributed by atoms with van der Waals surface area (Å²) in [7, 11) is 0. The lowest BCUT2D eigenvalue weighted by Gasteiger charge is -2.22. The Hall–Kier alpha value is -1.09. The second kappa shape index (κ2) is 5.30. The summed E-state index contributed by atoms with van der Waals surface area (Å²) in [4.78, 5) is 6.74. The number of nitrogens with zero attached hydrogens (tertiary/aromatic N) is 2. The smallest absolute Gasteiger partial charge is 0.0557 e. The summed E-state index contributed by atoms with van der Waals surface area (Å²) in [5.74, 6) is 0. The van der Waals surface area contributed by atoms with Crippen molar-refractivity contribution in [3.8, 4) is 0 Å². The zero-order valence-electron chi connectivity index (χ0n) is 9.89. The van der Waals surface area contributed by atoms with E-state index in [1.54, 1.807) is 0 Å². The molecule has 2 rings (SSSR count). The van der Waals surface area contributed by atoms with Crippen LogP contribution in [0.15, 0.2) is 18.3 Å². The van der Waals surface area contributed by atoms with E-state index in [0.717, 1.165) is 44.5 Å². The Balaban J connectivity index is 2.04. The summed E-state index contributed by atoms with van der Waals surface area (Å²) in [5.41, 5.74) is 2.32. The largest absolute Gasteiger partial charge is 0.393 e. The highest BCUT2D eigenvalue weighted by atomic mass is 16.3. The standard InChI is InChI=1S/C13H20N2O/c1-2-11-5-6-12(10-14-11)15-8-3-4-13(16)7-9-15/h5-6,10,13,16H,2-4,7-9H2,1H3. The molecule has 1 atom stereocenters. The van der Waals surface area contributed by atoms with E-state index in [2.05, 4.69) is 28.9 Å². The molecule has 1 aliphatic heterocycles. The average Bonchev–Trinajstić information content (AvgIpc) is 2.54. The quantitative estimate of drug-likeness (QED) is 0.828. The van der Waals surface area contributed by atoms with E-state index in [4.69, 9.17) is 0 Å². The first-order chi connectivity index (χ1) is 7.79. The predicted molar refractivity (Wildman–Crippen MR) is 65.7 cm³/mol. The molecular weight excluding hydrogens is 200 g/mol. The summed E-state index contributed by atoms with van der Waals surface area (Å²) in [6, 6.07) is 4.24.